The van der Waals surface area contributed by atoms with E-state index in [2.05, 4.69) is 22.5 Å². The Bertz CT molecular complexity index is 1410. The number of nitrogens with one attached hydrogen (secondary N) is 3. The van der Waals surface area contributed by atoms with Crippen LogP contribution in [-0.2, 0) is 14.8 Å². The number of hydrogen-bond acceptors (Lipinski definition) is 7. The lowest BCUT2D eigenvalue weighted by molar-refractivity contribution is -0.114. The smallest absolute Gasteiger partial charge is 0.257 e. The predicted octanol–water partition coefficient (Wildman–Crippen LogP) is 3.50. The van der Waals surface area contributed by atoms with Gasteiger partial charge in [-0.3, -0.25) is 9.59 Å². The summed E-state index contributed by atoms with van der Waals surface area (Å²) in [6, 6.07) is 13.9. The Kier molecular flexibility index (Phi) is 7.62. The molecule has 1 saturated heterocycles. The molecule has 1 aliphatic heterocycles. The first-order chi connectivity index (χ1) is 17.2. The van der Waals surface area contributed by atoms with E-state index in [-0.39, 0.29) is 42.9 Å². The van der Waals surface area contributed by atoms with Crippen LogP contribution < -0.4 is 16.0 Å². The molecule has 3 N–H and O–H groups in total. The lowest BCUT2D eigenvalue weighted by atomic mass is 10.1. The maximum absolute atomic E-state index is 13.6. The number of carbonyl (C=O) groups is 2. The summed E-state index contributed by atoms with van der Waals surface area (Å²) in [5.74, 6) is 0.181. The van der Waals surface area contributed by atoms with Crippen molar-refractivity contribution in [2.24, 2.45) is 0 Å². The first-order valence-electron chi connectivity index (χ1n) is 11.6. The number of sulfonamides is 1. The highest BCUT2D eigenvalue weighted by molar-refractivity contribution is 7.89. The van der Waals surface area contributed by atoms with E-state index in [1.165, 1.54) is 34.7 Å². The third-order valence-electron chi connectivity index (χ3n) is 5.78. The van der Waals surface area contributed by atoms with Crippen LogP contribution in [0, 0.1) is 0 Å². The summed E-state index contributed by atoms with van der Waals surface area (Å²) in [6.07, 6.45) is 0. The second-order valence-electron chi connectivity index (χ2n) is 8.34. The Labute approximate surface area is 214 Å². The second-order valence-corrected chi connectivity index (χ2v) is 11.3. The van der Waals surface area contributed by atoms with Crippen LogP contribution in [0.3, 0.4) is 0 Å². The van der Waals surface area contributed by atoms with Gasteiger partial charge < -0.3 is 20.9 Å². The molecular weight excluding hydrogens is 498 g/mol. The van der Waals surface area contributed by atoms with Crippen LogP contribution in [0.4, 0.5) is 10.7 Å². The summed E-state index contributed by atoms with van der Waals surface area (Å²) in [6.45, 7) is 8.88. The van der Waals surface area contributed by atoms with Gasteiger partial charge in [-0.2, -0.15) is 4.31 Å². The summed E-state index contributed by atoms with van der Waals surface area (Å²) >= 11 is 1.48. The fraction of sp³-hybridized carbons (Fsp3) is 0.280. The zero-order chi connectivity index (χ0) is 25.9. The van der Waals surface area contributed by atoms with Gasteiger partial charge in [0.1, 0.15) is 5.00 Å². The van der Waals surface area contributed by atoms with Crippen LogP contribution in [0.2, 0.25) is 0 Å². The van der Waals surface area contributed by atoms with Gasteiger partial charge in [-0.25, -0.2) is 8.42 Å². The van der Waals surface area contributed by atoms with Crippen molar-refractivity contribution in [3.63, 3.8) is 0 Å². The number of anilines is 2. The molecule has 11 heteroatoms. The van der Waals surface area contributed by atoms with Gasteiger partial charge in [0, 0.05) is 55.4 Å². The van der Waals surface area contributed by atoms with Gasteiger partial charge >= 0.3 is 0 Å². The molecular formula is C25H29N5O4S2. The SMILES string of the molecule is C=C(NCC)Nc1sc2ccccc2c1C(=O)N1CCN(S(=O)(=O)c2cccc(NC(C)=O)c2)CC1. The summed E-state index contributed by atoms with van der Waals surface area (Å²) in [5.41, 5.74) is 0.981. The molecule has 2 aromatic carbocycles. The molecule has 9 nitrogen and oxygen atoms in total. The number of benzene rings is 2. The molecule has 1 fully saturated rings. The summed E-state index contributed by atoms with van der Waals surface area (Å²) in [5, 5.41) is 10.5. The molecule has 1 aliphatic rings. The molecule has 1 aromatic heterocycles. The molecule has 0 saturated carbocycles. The molecule has 3 aromatic rings. The first-order valence-corrected chi connectivity index (χ1v) is 13.8. The fourth-order valence-electron chi connectivity index (χ4n) is 4.12. The summed E-state index contributed by atoms with van der Waals surface area (Å²) < 4.78 is 28.8. The van der Waals surface area contributed by atoms with Crippen LogP contribution in [-0.4, -0.2) is 62.2 Å². The van der Waals surface area contributed by atoms with Crippen LogP contribution in [0.25, 0.3) is 10.1 Å². The van der Waals surface area contributed by atoms with Crippen molar-refractivity contribution in [3.8, 4) is 0 Å². The molecule has 190 valence electrons. The van der Waals surface area contributed by atoms with E-state index in [1.54, 1.807) is 17.0 Å². The minimum atomic E-state index is -3.77. The van der Waals surface area contributed by atoms with Crippen molar-refractivity contribution in [2.75, 3.05) is 43.4 Å². The number of thiophene rings is 1. The molecule has 2 amide bonds. The first kappa shape index (κ1) is 25.7. The third kappa shape index (κ3) is 5.38. The number of fused-ring (bicyclic) bond motifs is 1. The second kappa shape index (κ2) is 10.7. The largest absolute Gasteiger partial charge is 0.372 e. The lowest BCUT2D eigenvalue weighted by Crippen LogP contribution is -2.50. The molecule has 0 unspecified atom stereocenters. The number of hydrogen-bond donors (Lipinski definition) is 3. The number of rotatable bonds is 8. The van der Waals surface area contributed by atoms with Gasteiger partial charge in [-0.05, 0) is 31.2 Å². The van der Waals surface area contributed by atoms with Gasteiger partial charge in [-0.15, -0.1) is 11.3 Å². The van der Waals surface area contributed by atoms with E-state index in [0.29, 0.717) is 28.6 Å². The molecule has 0 radical (unpaired) electrons. The van der Waals surface area contributed by atoms with E-state index in [1.807, 2.05) is 31.2 Å². The average molecular weight is 528 g/mol. The van der Waals surface area contributed by atoms with Crippen LogP contribution in [0.5, 0.6) is 0 Å². The van der Waals surface area contributed by atoms with Crippen molar-refractivity contribution in [3.05, 3.63) is 66.5 Å². The van der Waals surface area contributed by atoms with Gasteiger partial charge in [-0.1, -0.05) is 30.8 Å². The van der Waals surface area contributed by atoms with E-state index >= 15 is 0 Å². The maximum atomic E-state index is 13.6. The zero-order valence-electron chi connectivity index (χ0n) is 20.2. The van der Waals surface area contributed by atoms with Crippen molar-refractivity contribution >= 4 is 53.9 Å². The Morgan fingerprint density at radius 1 is 1.03 bits per heavy atom. The Morgan fingerprint density at radius 2 is 1.75 bits per heavy atom. The van der Waals surface area contributed by atoms with Gasteiger partial charge in [0.05, 0.1) is 16.3 Å². The predicted molar refractivity (Wildman–Crippen MR) is 144 cm³/mol. The van der Waals surface area contributed by atoms with E-state index in [0.717, 1.165) is 10.1 Å². The highest BCUT2D eigenvalue weighted by Crippen LogP contribution is 2.37. The fourth-order valence-corrected chi connectivity index (χ4v) is 6.71. The van der Waals surface area contributed by atoms with Crippen molar-refractivity contribution < 1.29 is 18.0 Å². The maximum Gasteiger partial charge on any atom is 0.257 e. The molecule has 0 spiro atoms. The number of piperazine rings is 1. The number of nitrogens with zero attached hydrogens (tertiary/aromatic N) is 2. The minimum Gasteiger partial charge on any atom is -0.372 e. The average Bonchev–Trinajstić information content (AvgIpc) is 3.21. The standard InChI is InChI=1S/C25H29N5O4S2/c1-4-26-17(2)27-24-23(21-10-5-6-11-22(21)35-24)25(32)29-12-14-30(15-13-29)36(33,34)20-9-7-8-19(16-20)28-18(3)31/h5-11,16,26-27H,2,4,12-15H2,1,3H3,(H,28,31). The Balaban J connectivity index is 1.52. The quantitative estimate of drug-likeness (QED) is 0.414. The minimum absolute atomic E-state index is 0.103. The Hall–Kier alpha value is -3.41. The zero-order valence-corrected chi connectivity index (χ0v) is 21.8. The molecule has 0 atom stereocenters. The monoisotopic (exact) mass is 527 g/mol. The van der Waals surface area contributed by atoms with Gasteiger partial charge in [0.15, 0.2) is 0 Å². The molecule has 0 aliphatic carbocycles. The number of amides is 2. The van der Waals surface area contributed by atoms with Crippen molar-refractivity contribution in [1.29, 1.82) is 0 Å². The van der Waals surface area contributed by atoms with E-state index in [4.69, 9.17) is 0 Å². The lowest BCUT2D eigenvalue weighted by Gasteiger charge is -2.34. The van der Waals surface area contributed by atoms with E-state index in [9.17, 15) is 18.0 Å². The van der Waals surface area contributed by atoms with Crippen LogP contribution >= 0.6 is 11.3 Å². The third-order valence-corrected chi connectivity index (χ3v) is 8.76. The Morgan fingerprint density at radius 3 is 2.44 bits per heavy atom. The van der Waals surface area contributed by atoms with Gasteiger partial charge in [0.2, 0.25) is 15.9 Å². The summed E-state index contributed by atoms with van der Waals surface area (Å²) in [4.78, 5) is 26.8. The highest BCUT2D eigenvalue weighted by Gasteiger charge is 2.32. The highest BCUT2D eigenvalue weighted by atomic mass is 32.2. The van der Waals surface area contributed by atoms with Crippen LogP contribution in [0.15, 0.2) is 65.8 Å². The topological polar surface area (TPSA) is 111 Å². The number of carbonyl (C=O) groups excluding carboxylic acids is 2. The van der Waals surface area contributed by atoms with Crippen LogP contribution in [0.1, 0.15) is 24.2 Å². The summed E-state index contributed by atoms with van der Waals surface area (Å²) in [7, 11) is -3.77. The van der Waals surface area contributed by atoms with E-state index < -0.39 is 10.0 Å². The molecule has 2 heterocycles. The van der Waals surface area contributed by atoms with Crippen molar-refractivity contribution in [2.45, 2.75) is 18.7 Å². The molecule has 36 heavy (non-hydrogen) atoms. The molecule has 4 rings (SSSR count). The normalized spacial score (nSPS) is 14.4. The van der Waals surface area contributed by atoms with Crippen molar-refractivity contribution in [1.82, 2.24) is 14.5 Å². The molecule has 0 bridgehead atoms. The van der Waals surface area contributed by atoms with Gasteiger partial charge in [0.25, 0.3) is 5.91 Å².